The third-order valence-corrected chi connectivity index (χ3v) is 2.55. The molecule has 0 saturated carbocycles. The van der Waals surface area contributed by atoms with Crippen LogP contribution in [0.15, 0.2) is 36.5 Å². The molecule has 3 nitrogen and oxygen atoms in total. The van der Waals surface area contributed by atoms with Gasteiger partial charge in [-0.25, -0.2) is 4.98 Å². The zero-order valence-corrected chi connectivity index (χ0v) is 10.3. The Hall–Kier alpha value is -2.03. The minimum atomic E-state index is 0.788. The number of nitrogens with zero attached hydrogens (tertiary/aromatic N) is 1. The van der Waals surface area contributed by atoms with Crippen molar-refractivity contribution in [1.29, 1.82) is 0 Å². The van der Waals surface area contributed by atoms with Crippen LogP contribution in [0.25, 0.3) is 0 Å². The van der Waals surface area contributed by atoms with Gasteiger partial charge >= 0.3 is 0 Å². The molecule has 17 heavy (non-hydrogen) atoms. The number of pyridine rings is 1. The highest BCUT2D eigenvalue weighted by Gasteiger charge is 2.02. The molecule has 2 rings (SSSR count). The number of rotatable bonds is 3. The molecule has 1 aromatic heterocycles. The van der Waals surface area contributed by atoms with Crippen LogP contribution in [-0.4, -0.2) is 12.0 Å². The molecule has 0 aliphatic heterocycles. The number of hydrogen-bond donors (Lipinski definition) is 1. The second-order valence-corrected chi connectivity index (χ2v) is 4.00. The molecular weight excluding hydrogens is 212 g/mol. The summed E-state index contributed by atoms with van der Waals surface area (Å²) < 4.78 is 5.83. The molecule has 1 N–H and O–H groups in total. The lowest BCUT2D eigenvalue weighted by Gasteiger charge is -2.10. The predicted octanol–water partition coefficient (Wildman–Crippen LogP) is 3.53. The Morgan fingerprint density at radius 3 is 2.65 bits per heavy atom. The number of ether oxygens (including phenoxy) is 1. The van der Waals surface area contributed by atoms with Crippen LogP contribution in [-0.2, 0) is 0 Å². The number of anilines is 1. The van der Waals surface area contributed by atoms with E-state index < -0.39 is 0 Å². The fourth-order valence-electron chi connectivity index (χ4n) is 1.65. The number of nitrogens with one attached hydrogen (secondary N) is 1. The summed E-state index contributed by atoms with van der Waals surface area (Å²) in [6.45, 7) is 4.12. The van der Waals surface area contributed by atoms with Crippen LogP contribution in [0.5, 0.6) is 11.5 Å². The highest BCUT2D eigenvalue weighted by atomic mass is 16.5. The third kappa shape index (κ3) is 2.75. The van der Waals surface area contributed by atoms with Gasteiger partial charge in [-0.2, -0.15) is 0 Å². The van der Waals surface area contributed by atoms with Crippen molar-refractivity contribution < 1.29 is 4.74 Å². The van der Waals surface area contributed by atoms with Gasteiger partial charge in [0.2, 0.25) is 0 Å². The number of aromatic nitrogens is 1. The minimum Gasteiger partial charge on any atom is -0.457 e. The average molecular weight is 228 g/mol. The van der Waals surface area contributed by atoms with Gasteiger partial charge in [-0.15, -0.1) is 0 Å². The largest absolute Gasteiger partial charge is 0.457 e. The smallest absolute Gasteiger partial charge is 0.132 e. The van der Waals surface area contributed by atoms with Gasteiger partial charge in [0.15, 0.2) is 0 Å². The maximum atomic E-state index is 5.83. The Kier molecular flexibility index (Phi) is 3.28. The lowest BCUT2D eigenvalue weighted by molar-refractivity contribution is 0.478. The van der Waals surface area contributed by atoms with E-state index >= 15 is 0 Å². The Morgan fingerprint density at radius 1 is 1.12 bits per heavy atom. The Labute approximate surface area is 101 Å². The lowest BCUT2D eigenvalue weighted by Crippen LogP contribution is -1.93. The van der Waals surface area contributed by atoms with Crippen molar-refractivity contribution >= 4 is 5.82 Å². The summed E-state index contributed by atoms with van der Waals surface area (Å²) in [4.78, 5) is 4.14. The van der Waals surface area contributed by atoms with Crippen molar-refractivity contribution in [3.63, 3.8) is 0 Å². The molecule has 3 heteroatoms. The SMILES string of the molecule is CNc1cc(Oc2ccc(C)cc2C)ccn1. The van der Waals surface area contributed by atoms with Crippen molar-refractivity contribution in [2.45, 2.75) is 13.8 Å². The fourth-order valence-corrected chi connectivity index (χ4v) is 1.65. The van der Waals surface area contributed by atoms with E-state index in [2.05, 4.69) is 23.3 Å². The van der Waals surface area contributed by atoms with Crippen molar-refractivity contribution in [3.05, 3.63) is 47.7 Å². The molecule has 0 bridgehead atoms. The van der Waals surface area contributed by atoms with E-state index in [1.807, 2.05) is 38.2 Å². The standard InChI is InChI=1S/C14H16N2O/c1-10-4-5-13(11(2)8-10)17-12-6-7-16-14(9-12)15-3/h4-9H,1-3H3,(H,15,16). The van der Waals surface area contributed by atoms with Gasteiger partial charge in [-0.1, -0.05) is 17.7 Å². The van der Waals surface area contributed by atoms with E-state index in [1.54, 1.807) is 6.20 Å². The molecule has 2 aromatic rings. The van der Waals surface area contributed by atoms with Gasteiger partial charge in [0.25, 0.3) is 0 Å². The summed E-state index contributed by atoms with van der Waals surface area (Å²) in [6.07, 6.45) is 1.73. The third-order valence-electron chi connectivity index (χ3n) is 2.55. The van der Waals surface area contributed by atoms with Gasteiger partial charge in [-0.3, -0.25) is 0 Å². The summed E-state index contributed by atoms with van der Waals surface area (Å²) in [5.41, 5.74) is 2.37. The fraction of sp³-hybridized carbons (Fsp3) is 0.214. The van der Waals surface area contributed by atoms with E-state index in [9.17, 15) is 0 Å². The molecule has 0 spiro atoms. The first kappa shape index (κ1) is 11.5. The second kappa shape index (κ2) is 4.87. The summed E-state index contributed by atoms with van der Waals surface area (Å²) in [5, 5.41) is 2.99. The van der Waals surface area contributed by atoms with Gasteiger partial charge in [0, 0.05) is 19.3 Å². The summed E-state index contributed by atoms with van der Waals surface area (Å²) >= 11 is 0. The predicted molar refractivity (Wildman–Crippen MR) is 69.8 cm³/mol. The van der Waals surface area contributed by atoms with Crippen LogP contribution in [0.4, 0.5) is 5.82 Å². The van der Waals surface area contributed by atoms with Gasteiger partial charge in [0.05, 0.1) is 0 Å². The van der Waals surface area contributed by atoms with Gasteiger partial charge in [0.1, 0.15) is 17.3 Å². The monoisotopic (exact) mass is 228 g/mol. The molecule has 88 valence electrons. The quantitative estimate of drug-likeness (QED) is 0.872. The van der Waals surface area contributed by atoms with E-state index in [0.717, 1.165) is 22.9 Å². The molecule has 0 radical (unpaired) electrons. The zero-order valence-electron chi connectivity index (χ0n) is 10.3. The normalized spacial score (nSPS) is 10.1. The molecule has 0 aliphatic rings. The van der Waals surface area contributed by atoms with Gasteiger partial charge in [-0.05, 0) is 31.5 Å². The summed E-state index contributed by atoms with van der Waals surface area (Å²) in [7, 11) is 1.84. The lowest BCUT2D eigenvalue weighted by atomic mass is 10.1. The molecule has 1 aromatic carbocycles. The maximum absolute atomic E-state index is 5.83. The molecule has 0 saturated heterocycles. The molecule has 0 aliphatic carbocycles. The Bertz CT molecular complexity index is 523. The average Bonchev–Trinajstić information content (AvgIpc) is 2.33. The van der Waals surface area contributed by atoms with E-state index in [0.29, 0.717) is 0 Å². The van der Waals surface area contributed by atoms with Gasteiger partial charge < -0.3 is 10.1 Å². The highest BCUT2D eigenvalue weighted by Crippen LogP contribution is 2.26. The van der Waals surface area contributed by atoms with E-state index in [4.69, 9.17) is 4.74 Å². The Balaban J connectivity index is 2.25. The molecule has 0 fully saturated rings. The van der Waals surface area contributed by atoms with Crippen molar-refractivity contribution in [3.8, 4) is 11.5 Å². The maximum Gasteiger partial charge on any atom is 0.132 e. The topological polar surface area (TPSA) is 34.1 Å². The molecule has 0 atom stereocenters. The van der Waals surface area contributed by atoms with Crippen LogP contribution in [0.1, 0.15) is 11.1 Å². The van der Waals surface area contributed by atoms with E-state index in [-0.39, 0.29) is 0 Å². The Morgan fingerprint density at radius 2 is 1.94 bits per heavy atom. The van der Waals surface area contributed by atoms with Crippen LogP contribution in [0, 0.1) is 13.8 Å². The minimum absolute atomic E-state index is 0.788. The van der Waals surface area contributed by atoms with Crippen LogP contribution in [0.3, 0.4) is 0 Å². The van der Waals surface area contributed by atoms with Crippen LogP contribution < -0.4 is 10.1 Å². The number of aryl methyl sites for hydroxylation is 2. The number of benzene rings is 1. The zero-order chi connectivity index (χ0) is 12.3. The molecule has 1 heterocycles. The van der Waals surface area contributed by atoms with Crippen molar-refractivity contribution in [2.24, 2.45) is 0 Å². The molecule has 0 amide bonds. The first-order valence-electron chi connectivity index (χ1n) is 5.58. The highest BCUT2D eigenvalue weighted by molar-refractivity contribution is 5.44. The first-order chi connectivity index (χ1) is 8.19. The van der Waals surface area contributed by atoms with Crippen molar-refractivity contribution in [1.82, 2.24) is 4.98 Å². The summed E-state index contributed by atoms with van der Waals surface area (Å²) in [6, 6.07) is 9.86. The number of hydrogen-bond acceptors (Lipinski definition) is 3. The summed E-state index contributed by atoms with van der Waals surface area (Å²) in [5.74, 6) is 2.47. The van der Waals surface area contributed by atoms with E-state index in [1.165, 1.54) is 5.56 Å². The van der Waals surface area contributed by atoms with Crippen molar-refractivity contribution in [2.75, 3.05) is 12.4 Å². The van der Waals surface area contributed by atoms with Crippen LogP contribution in [0.2, 0.25) is 0 Å². The molecule has 0 unspecified atom stereocenters. The van der Waals surface area contributed by atoms with Crippen LogP contribution >= 0.6 is 0 Å². The molecular formula is C14H16N2O. The second-order valence-electron chi connectivity index (χ2n) is 4.00. The first-order valence-corrected chi connectivity index (χ1v) is 5.58.